The van der Waals surface area contributed by atoms with Gasteiger partial charge in [0.25, 0.3) is 0 Å². The molecule has 0 saturated carbocycles. The molecule has 0 radical (unpaired) electrons. The molecular formula is C19H18ClN3O3S. The van der Waals surface area contributed by atoms with E-state index in [4.69, 9.17) is 16.0 Å². The number of benzene rings is 2. The molecular weight excluding hydrogens is 386 g/mol. The Balaban J connectivity index is 1.71. The van der Waals surface area contributed by atoms with Crippen LogP contribution in [0.15, 0.2) is 51.8 Å². The predicted octanol–water partition coefficient (Wildman–Crippen LogP) is 4.15. The van der Waals surface area contributed by atoms with Crippen LogP contribution in [0.5, 0.6) is 0 Å². The van der Waals surface area contributed by atoms with Gasteiger partial charge in [-0.05, 0) is 50.1 Å². The van der Waals surface area contributed by atoms with E-state index in [9.17, 15) is 8.42 Å². The predicted molar refractivity (Wildman–Crippen MR) is 103 cm³/mol. The molecule has 2 aromatic carbocycles. The Morgan fingerprint density at radius 1 is 1.00 bits per heavy atom. The SMILES string of the molecule is Cc1cccc(-c2nnc(-c3ccc(Cl)c(S(=O)(=O)N4CCCC4)c3)o2)c1. The van der Waals surface area contributed by atoms with Crippen molar-refractivity contribution in [2.24, 2.45) is 0 Å². The van der Waals surface area contributed by atoms with Crippen LogP contribution < -0.4 is 0 Å². The van der Waals surface area contributed by atoms with E-state index in [0.29, 0.717) is 24.5 Å². The molecule has 0 N–H and O–H groups in total. The third kappa shape index (κ3) is 3.50. The summed E-state index contributed by atoms with van der Waals surface area (Å²) in [6, 6.07) is 12.5. The van der Waals surface area contributed by atoms with Crippen molar-refractivity contribution in [1.82, 2.24) is 14.5 Å². The van der Waals surface area contributed by atoms with Crippen LogP contribution in [0.4, 0.5) is 0 Å². The van der Waals surface area contributed by atoms with Gasteiger partial charge in [0.05, 0.1) is 5.02 Å². The van der Waals surface area contributed by atoms with Gasteiger partial charge in [0.1, 0.15) is 4.90 Å². The van der Waals surface area contributed by atoms with Crippen LogP contribution in [-0.2, 0) is 10.0 Å². The van der Waals surface area contributed by atoms with E-state index in [1.54, 1.807) is 12.1 Å². The van der Waals surface area contributed by atoms with Crippen molar-refractivity contribution >= 4 is 21.6 Å². The number of halogens is 1. The lowest BCUT2D eigenvalue weighted by Gasteiger charge is -2.16. The summed E-state index contributed by atoms with van der Waals surface area (Å²) in [5.74, 6) is 0.633. The summed E-state index contributed by atoms with van der Waals surface area (Å²) < 4.78 is 33.0. The van der Waals surface area contributed by atoms with E-state index >= 15 is 0 Å². The van der Waals surface area contributed by atoms with E-state index in [0.717, 1.165) is 24.0 Å². The molecule has 6 nitrogen and oxygen atoms in total. The van der Waals surface area contributed by atoms with E-state index in [2.05, 4.69) is 10.2 Å². The molecule has 4 rings (SSSR count). The Morgan fingerprint density at radius 2 is 1.67 bits per heavy atom. The molecule has 1 fully saturated rings. The molecule has 0 bridgehead atoms. The first kappa shape index (κ1) is 18.2. The molecule has 1 aliphatic rings. The smallest absolute Gasteiger partial charge is 0.248 e. The van der Waals surface area contributed by atoms with Crippen LogP contribution in [0.3, 0.4) is 0 Å². The van der Waals surface area contributed by atoms with Gasteiger partial charge >= 0.3 is 0 Å². The zero-order valence-corrected chi connectivity index (χ0v) is 16.3. The van der Waals surface area contributed by atoms with Crippen LogP contribution >= 0.6 is 11.6 Å². The molecule has 0 atom stereocenters. The van der Waals surface area contributed by atoms with Crippen molar-refractivity contribution in [3.8, 4) is 22.9 Å². The van der Waals surface area contributed by atoms with E-state index in [1.165, 1.54) is 10.4 Å². The lowest BCUT2D eigenvalue weighted by atomic mass is 10.1. The molecule has 1 aliphatic heterocycles. The molecule has 8 heteroatoms. The first-order chi connectivity index (χ1) is 12.9. The Labute approximate surface area is 162 Å². The third-order valence-corrected chi connectivity index (χ3v) is 6.93. The highest BCUT2D eigenvalue weighted by molar-refractivity contribution is 7.89. The topological polar surface area (TPSA) is 76.3 Å². The van der Waals surface area contributed by atoms with Gasteiger partial charge in [0.15, 0.2) is 0 Å². The van der Waals surface area contributed by atoms with E-state index < -0.39 is 10.0 Å². The summed E-state index contributed by atoms with van der Waals surface area (Å²) in [5.41, 5.74) is 2.41. The Kier molecular flexibility index (Phi) is 4.75. The van der Waals surface area contributed by atoms with Gasteiger partial charge in [-0.2, -0.15) is 4.31 Å². The standard InChI is InChI=1S/C19H18ClN3O3S/c1-13-5-4-6-14(11-13)18-21-22-19(26-18)15-7-8-16(20)17(12-15)27(24,25)23-9-2-3-10-23/h4-8,11-12H,2-3,9-10H2,1H3. The minimum Gasteiger partial charge on any atom is -0.416 e. The van der Waals surface area contributed by atoms with Crippen molar-refractivity contribution in [2.75, 3.05) is 13.1 Å². The van der Waals surface area contributed by atoms with Crippen LogP contribution in [0.2, 0.25) is 5.02 Å². The van der Waals surface area contributed by atoms with Crippen LogP contribution in [0, 0.1) is 6.92 Å². The summed E-state index contributed by atoms with van der Waals surface area (Å²) in [4.78, 5) is 0.0684. The highest BCUT2D eigenvalue weighted by atomic mass is 35.5. The van der Waals surface area contributed by atoms with Gasteiger partial charge < -0.3 is 4.42 Å². The minimum absolute atomic E-state index is 0.0684. The second-order valence-electron chi connectivity index (χ2n) is 6.54. The van der Waals surface area contributed by atoms with Gasteiger partial charge in [-0.25, -0.2) is 8.42 Å². The largest absolute Gasteiger partial charge is 0.416 e. The summed E-state index contributed by atoms with van der Waals surface area (Å²) in [7, 11) is -3.64. The van der Waals surface area contributed by atoms with Crippen LogP contribution in [0.1, 0.15) is 18.4 Å². The normalized spacial score (nSPS) is 15.3. The summed E-state index contributed by atoms with van der Waals surface area (Å²) in [6.07, 6.45) is 1.72. The first-order valence-corrected chi connectivity index (χ1v) is 10.5. The van der Waals surface area contributed by atoms with Crippen LogP contribution in [0.25, 0.3) is 22.9 Å². The Morgan fingerprint density at radius 3 is 2.33 bits per heavy atom. The van der Waals surface area contributed by atoms with Crippen molar-refractivity contribution in [1.29, 1.82) is 0 Å². The van der Waals surface area contributed by atoms with E-state index in [-0.39, 0.29) is 15.8 Å². The molecule has 3 aromatic rings. The zero-order chi connectivity index (χ0) is 19.0. The number of sulfonamides is 1. The highest BCUT2D eigenvalue weighted by Gasteiger charge is 2.29. The van der Waals surface area contributed by atoms with Gasteiger partial charge in [-0.3, -0.25) is 0 Å². The number of rotatable bonds is 4. The molecule has 2 heterocycles. The third-order valence-electron chi connectivity index (χ3n) is 4.55. The summed E-state index contributed by atoms with van der Waals surface area (Å²) in [6.45, 7) is 3.01. The van der Waals surface area contributed by atoms with Crippen LogP contribution in [-0.4, -0.2) is 36.0 Å². The minimum atomic E-state index is -3.64. The molecule has 27 heavy (non-hydrogen) atoms. The molecule has 1 saturated heterocycles. The lowest BCUT2D eigenvalue weighted by molar-refractivity contribution is 0.477. The lowest BCUT2D eigenvalue weighted by Crippen LogP contribution is -2.28. The average molecular weight is 404 g/mol. The zero-order valence-electron chi connectivity index (χ0n) is 14.7. The monoisotopic (exact) mass is 403 g/mol. The molecule has 0 amide bonds. The number of aromatic nitrogens is 2. The summed E-state index contributed by atoms with van der Waals surface area (Å²) >= 11 is 6.19. The Hall–Kier alpha value is -2.22. The fourth-order valence-electron chi connectivity index (χ4n) is 3.14. The molecule has 0 spiro atoms. The molecule has 140 valence electrons. The first-order valence-electron chi connectivity index (χ1n) is 8.66. The van der Waals surface area contributed by atoms with Crippen molar-refractivity contribution in [3.05, 3.63) is 53.1 Å². The second kappa shape index (κ2) is 7.07. The molecule has 1 aromatic heterocycles. The average Bonchev–Trinajstić information content (AvgIpc) is 3.34. The van der Waals surface area contributed by atoms with Gasteiger partial charge in [-0.1, -0.05) is 29.3 Å². The van der Waals surface area contributed by atoms with Gasteiger partial charge in [0, 0.05) is 24.2 Å². The number of hydrogen-bond donors (Lipinski definition) is 0. The number of aryl methyl sites for hydroxylation is 1. The second-order valence-corrected chi connectivity index (χ2v) is 8.85. The van der Waals surface area contributed by atoms with Crippen molar-refractivity contribution < 1.29 is 12.8 Å². The quantitative estimate of drug-likeness (QED) is 0.654. The van der Waals surface area contributed by atoms with Gasteiger partial charge in [-0.15, -0.1) is 10.2 Å². The molecule has 0 unspecified atom stereocenters. The Bertz CT molecular complexity index is 1090. The van der Waals surface area contributed by atoms with Crippen molar-refractivity contribution in [3.63, 3.8) is 0 Å². The maximum absolute atomic E-state index is 12.9. The molecule has 0 aliphatic carbocycles. The van der Waals surface area contributed by atoms with Gasteiger partial charge in [0.2, 0.25) is 21.8 Å². The fraction of sp³-hybridized carbons (Fsp3) is 0.263. The number of nitrogens with zero attached hydrogens (tertiary/aromatic N) is 3. The number of hydrogen-bond acceptors (Lipinski definition) is 5. The highest BCUT2D eigenvalue weighted by Crippen LogP contribution is 2.32. The maximum Gasteiger partial charge on any atom is 0.248 e. The van der Waals surface area contributed by atoms with Crippen molar-refractivity contribution in [2.45, 2.75) is 24.7 Å². The van der Waals surface area contributed by atoms with E-state index in [1.807, 2.05) is 31.2 Å². The maximum atomic E-state index is 12.9. The fourth-order valence-corrected chi connectivity index (χ4v) is 5.15. The summed E-state index contributed by atoms with van der Waals surface area (Å²) in [5, 5.41) is 8.35.